The second kappa shape index (κ2) is 4.53. The van der Waals surface area contributed by atoms with Gasteiger partial charge in [0.1, 0.15) is 11.9 Å². The van der Waals surface area contributed by atoms with Crippen molar-refractivity contribution in [3.05, 3.63) is 37.7 Å². The number of aliphatic hydroxyl groups is 1. The molecule has 0 aliphatic heterocycles. The first kappa shape index (κ1) is 11.0. The molecule has 2 nitrogen and oxygen atoms in total. The lowest BCUT2D eigenvalue weighted by Gasteiger charge is -2.09. The molecule has 1 atom stereocenters. The standard InChI is InChI=1S/C10H9ClO2S2/c1-13-7-3-5-15-10(7)8(12)9-6(11)2-4-14-9/h2-5,8,12H,1H3. The predicted octanol–water partition coefficient (Wildman–Crippen LogP) is 3.55. The van der Waals surface area contributed by atoms with Crippen LogP contribution >= 0.6 is 34.3 Å². The van der Waals surface area contributed by atoms with Crippen molar-refractivity contribution in [3.8, 4) is 5.75 Å². The number of hydrogen-bond acceptors (Lipinski definition) is 4. The van der Waals surface area contributed by atoms with Crippen LogP contribution in [0.4, 0.5) is 0 Å². The summed E-state index contributed by atoms with van der Waals surface area (Å²) in [6.07, 6.45) is -0.688. The van der Waals surface area contributed by atoms with Crippen LogP contribution in [0.25, 0.3) is 0 Å². The minimum Gasteiger partial charge on any atom is -0.495 e. The lowest BCUT2D eigenvalue weighted by Crippen LogP contribution is -1.97. The summed E-state index contributed by atoms with van der Waals surface area (Å²) in [4.78, 5) is 1.55. The highest BCUT2D eigenvalue weighted by Gasteiger charge is 2.20. The first-order valence-corrected chi connectivity index (χ1v) is 6.40. The third-order valence-corrected chi connectivity index (χ3v) is 4.38. The van der Waals surface area contributed by atoms with Crippen molar-refractivity contribution in [1.82, 2.24) is 0 Å². The second-order valence-corrected chi connectivity index (χ2v) is 5.19. The molecule has 0 fully saturated rings. The summed E-state index contributed by atoms with van der Waals surface area (Å²) in [6, 6.07) is 3.62. The van der Waals surface area contributed by atoms with Gasteiger partial charge in [-0.25, -0.2) is 0 Å². The summed E-state index contributed by atoms with van der Waals surface area (Å²) in [5.74, 6) is 0.706. The summed E-state index contributed by atoms with van der Waals surface area (Å²) >= 11 is 8.87. The summed E-state index contributed by atoms with van der Waals surface area (Å²) < 4.78 is 5.16. The van der Waals surface area contributed by atoms with Crippen LogP contribution in [-0.4, -0.2) is 12.2 Å². The predicted molar refractivity (Wildman–Crippen MR) is 64.3 cm³/mol. The average molecular weight is 261 g/mol. The van der Waals surface area contributed by atoms with Crippen molar-refractivity contribution in [2.45, 2.75) is 6.10 Å². The summed E-state index contributed by atoms with van der Waals surface area (Å²) in [6.45, 7) is 0. The highest BCUT2D eigenvalue weighted by molar-refractivity contribution is 7.12. The van der Waals surface area contributed by atoms with Crippen LogP contribution in [0.15, 0.2) is 22.9 Å². The first-order chi connectivity index (χ1) is 7.24. The Kier molecular flexibility index (Phi) is 3.31. The fourth-order valence-electron chi connectivity index (χ4n) is 1.30. The lowest BCUT2D eigenvalue weighted by molar-refractivity contribution is 0.223. The van der Waals surface area contributed by atoms with E-state index in [9.17, 15) is 5.11 Å². The van der Waals surface area contributed by atoms with Gasteiger partial charge < -0.3 is 9.84 Å². The van der Waals surface area contributed by atoms with Gasteiger partial charge in [0.05, 0.1) is 21.9 Å². The van der Waals surface area contributed by atoms with Gasteiger partial charge in [0.2, 0.25) is 0 Å². The highest BCUT2D eigenvalue weighted by Crippen LogP contribution is 2.39. The third kappa shape index (κ3) is 2.03. The van der Waals surface area contributed by atoms with Crippen LogP contribution in [0.5, 0.6) is 5.75 Å². The summed E-state index contributed by atoms with van der Waals surface area (Å²) in [5, 5.41) is 14.5. The van der Waals surface area contributed by atoms with Crippen LogP contribution in [0.1, 0.15) is 15.9 Å². The smallest absolute Gasteiger partial charge is 0.135 e. The van der Waals surface area contributed by atoms with Crippen LogP contribution < -0.4 is 4.74 Å². The molecular weight excluding hydrogens is 252 g/mol. The van der Waals surface area contributed by atoms with Gasteiger partial charge in [-0.1, -0.05) is 11.6 Å². The van der Waals surface area contributed by atoms with Gasteiger partial charge >= 0.3 is 0 Å². The van der Waals surface area contributed by atoms with E-state index >= 15 is 0 Å². The van der Waals surface area contributed by atoms with Crippen LogP contribution in [0, 0.1) is 0 Å². The van der Waals surface area contributed by atoms with E-state index in [2.05, 4.69) is 0 Å². The van der Waals surface area contributed by atoms with Crippen molar-refractivity contribution in [3.63, 3.8) is 0 Å². The van der Waals surface area contributed by atoms with Crippen LogP contribution in [0.3, 0.4) is 0 Å². The Morgan fingerprint density at radius 2 is 1.93 bits per heavy atom. The molecule has 0 saturated carbocycles. The highest BCUT2D eigenvalue weighted by atomic mass is 35.5. The van der Waals surface area contributed by atoms with Gasteiger partial charge in [-0.2, -0.15) is 0 Å². The van der Waals surface area contributed by atoms with E-state index in [1.165, 1.54) is 22.7 Å². The van der Waals surface area contributed by atoms with E-state index < -0.39 is 6.10 Å². The van der Waals surface area contributed by atoms with E-state index in [-0.39, 0.29) is 0 Å². The zero-order valence-electron chi connectivity index (χ0n) is 7.94. The van der Waals surface area contributed by atoms with Crippen molar-refractivity contribution in [2.75, 3.05) is 7.11 Å². The topological polar surface area (TPSA) is 29.5 Å². The molecule has 0 radical (unpaired) electrons. The Morgan fingerprint density at radius 3 is 2.53 bits per heavy atom. The summed E-state index contributed by atoms with van der Waals surface area (Å²) in [5.41, 5.74) is 0. The monoisotopic (exact) mass is 260 g/mol. The number of thiophene rings is 2. The van der Waals surface area contributed by atoms with Crippen molar-refractivity contribution in [2.24, 2.45) is 0 Å². The van der Waals surface area contributed by atoms with Gasteiger partial charge in [0.25, 0.3) is 0 Å². The minimum absolute atomic E-state index is 0.600. The van der Waals surface area contributed by atoms with Gasteiger partial charge in [-0.3, -0.25) is 0 Å². The van der Waals surface area contributed by atoms with E-state index in [0.717, 1.165) is 9.75 Å². The Bertz CT molecular complexity index is 450. The van der Waals surface area contributed by atoms with Crippen molar-refractivity contribution < 1.29 is 9.84 Å². The van der Waals surface area contributed by atoms with Gasteiger partial charge in [-0.05, 0) is 22.9 Å². The molecule has 2 rings (SSSR count). The molecule has 2 aromatic heterocycles. The Hall–Kier alpha value is -0.550. The number of ether oxygens (including phenoxy) is 1. The summed E-state index contributed by atoms with van der Waals surface area (Å²) in [7, 11) is 1.59. The Balaban J connectivity index is 2.36. The van der Waals surface area contributed by atoms with Gasteiger partial charge in [0, 0.05) is 0 Å². The minimum atomic E-state index is -0.688. The zero-order chi connectivity index (χ0) is 10.8. The molecule has 5 heteroatoms. The number of hydrogen-bond donors (Lipinski definition) is 1. The molecule has 15 heavy (non-hydrogen) atoms. The molecule has 0 aliphatic carbocycles. The number of rotatable bonds is 3. The molecule has 2 aromatic rings. The van der Waals surface area contributed by atoms with E-state index in [1.807, 2.05) is 16.8 Å². The molecule has 0 spiro atoms. The number of aliphatic hydroxyl groups excluding tert-OH is 1. The van der Waals surface area contributed by atoms with E-state index in [0.29, 0.717) is 10.8 Å². The van der Waals surface area contributed by atoms with Crippen LogP contribution in [0.2, 0.25) is 5.02 Å². The fraction of sp³-hybridized carbons (Fsp3) is 0.200. The normalized spacial score (nSPS) is 12.7. The first-order valence-electron chi connectivity index (χ1n) is 4.26. The molecule has 2 heterocycles. The Morgan fingerprint density at radius 1 is 1.27 bits per heavy atom. The number of methoxy groups -OCH3 is 1. The second-order valence-electron chi connectivity index (χ2n) is 2.89. The molecule has 0 bridgehead atoms. The van der Waals surface area contributed by atoms with Gasteiger partial charge in [0.15, 0.2) is 0 Å². The maximum absolute atomic E-state index is 10.1. The third-order valence-electron chi connectivity index (χ3n) is 2.02. The maximum Gasteiger partial charge on any atom is 0.135 e. The zero-order valence-corrected chi connectivity index (χ0v) is 10.3. The lowest BCUT2D eigenvalue weighted by atomic mass is 10.2. The molecule has 0 saturated heterocycles. The maximum atomic E-state index is 10.1. The molecule has 80 valence electrons. The molecule has 1 unspecified atom stereocenters. The van der Waals surface area contributed by atoms with Gasteiger partial charge in [-0.15, -0.1) is 22.7 Å². The Labute approximate surface area is 101 Å². The average Bonchev–Trinajstić information content (AvgIpc) is 2.84. The van der Waals surface area contributed by atoms with Crippen LogP contribution in [-0.2, 0) is 0 Å². The molecule has 0 aliphatic rings. The fourth-order valence-corrected chi connectivity index (χ4v) is 3.38. The van der Waals surface area contributed by atoms with Crippen molar-refractivity contribution in [1.29, 1.82) is 0 Å². The molecule has 1 N–H and O–H groups in total. The van der Waals surface area contributed by atoms with E-state index in [1.54, 1.807) is 13.2 Å². The quantitative estimate of drug-likeness (QED) is 0.915. The largest absolute Gasteiger partial charge is 0.495 e. The molecule has 0 aromatic carbocycles. The number of halogens is 1. The molecule has 0 amide bonds. The molecular formula is C10H9ClO2S2. The SMILES string of the molecule is COc1ccsc1C(O)c1sccc1Cl. The van der Waals surface area contributed by atoms with E-state index in [4.69, 9.17) is 16.3 Å². The van der Waals surface area contributed by atoms with Crippen molar-refractivity contribution >= 4 is 34.3 Å².